The molecule has 0 heterocycles. The summed E-state index contributed by atoms with van der Waals surface area (Å²) in [6, 6.07) is 3.57. The Bertz CT molecular complexity index is 585. The van der Waals surface area contributed by atoms with E-state index in [1.165, 1.54) is 26.2 Å². The standard InChI is InChI=1S/C12H14FNO3S/c1-14(2)18(16,17)11-7-6-10(12(13)9-11)5-3-4-8-15/h6-7,9,15H,4,8H2,1-2H3. The van der Waals surface area contributed by atoms with Crippen molar-refractivity contribution in [3.8, 4) is 11.8 Å². The summed E-state index contributed by atoms with van der Waals surface area (Å²) in [6.07, 6.45) is 0.247. The molecule has 0 radical (unpaired) electrons. The molecule has 1 N–H and O–H groups in total. The van der Waals surface area contributed by atoms with E-state index in [0.717, 1.165) is 10.4 Å². The highest BCUT2D eigenvalue weighted by atomic mass is 32.2. The van der Waals surface area contributed by atoms with Crippen LogP contribution >= 0.6 is 0 Å². The van der Waals surface area contributed by atoms with Crippen molar-refractivity contribution in [1.29, 1.82) is 0 Å². The second kappa shape index (κ2) is 5.96. The van der Waals surface area contributed by atoms with E-state index < -0.39 is 15.8 Å². The maximum Gasteiger partial charge on any atom is 0.242 e. The van der Waals surface area contributed by atoms with E-state index in [1.807, 2.05) is 0 Å². The Kier molecular flexibility index (Phi) is 4.84. The number of rotatable bonds is 3. The quantitative estimate of drug-likeness (QED) is 0.828. The molecule has 1 aromatic rings. The third-order valence-corrected chi connectivity index (χ3v) is 3.99. The number of hydrogen-bond acceptors (Lipinski definition) is 3. The highest BCUT2D eigenvalue weighted by molar-refractivity contribution is 7.89. The summed E-state index contributed by atoms with van der Waals surface area (Å²) < 4.78 is 38.1. The van der Waals surface area contributed by atoms with Crippen LogP contribution in [0, 0.1) is 17.7 Å². The topological polar surface area (TPSA) is 57.6 Å². The molecule has 1 rings (SSSR count). The van der Waals surface area contributed by atoms with E-state index in [-0.39, 0.29) is 23.5 Å². The Morgan fingerprint density at radius 3 is 2.56 bits per heavy atom. The van der Waals surface area contributed by atoms with Gasteiger partial charge in [-0.3, -0.25) is 0 Å². The number of benzene rings is 1. The number of sulfonamides is 1. The van der Waals surface area contributed by atoms with Gasteiger partial charge in [-0.05, 0) is 18.2 Å². The number of aliphatic hydroxyl groups is 1. The molecule has 6 heteroatoms. The zero-order chi connectivity index (χ0) is 13.8. The van der Waals surface area contributed by atoms with Gasteiger partial charge in [0.2, 0.25) is 10.0 Å². The van der Waals surface area contributed by atoms with Crippen LogP contribution in [0.1, 0.15) is 12.0 Å². The van der Waals surface area contributed by atoms with Crippen molar-refractivity contribution in [1.82, 2.24) is 4.31 Å². The molecule has 0 aliphatic rings. The maximum atomic E-state index is 13.6. The molecule has 1 aromatic carbocycles. The molecule has 0 atom stereocenters. The van der Waals surface area contributed by atoms with Crippen molar-refractivity contribution in [2.75, 3.05) is 20.7 Å². The van der Waals surface area contributed by atoms with E-state index in [0.29, 0.717) is 0 Å². The van der Waals surface area contributed by atoms with E-state index in [4.69, 9.17) is 5.11 Å². The molecule has 18 heavy (non-hydrogen) atoms. The number of nitrogens with zero attached hydrogens (tertiary/aromatic N) is 1. The summed E-state index contributed by atoms with van der Waals surface area (Å²) in [5.74, 6) is 4.41. The van der Waals surface area contributed by atoms with Crippen molar-refractivity contribution in [3.63, 3.8) is 0 Å². The van der Waals surface area contributed by atoms with E-state index in [1.54, 1.807) is 0 Å². The first-order valence-corrected chi connectivity index (χ1v) is 6.65. The molecule has 4 nitrogen and oxygen atoms in total. The molecule has 0 aromatic heterocycles. The first kappa shape index (κ1) is 14.6. The molecular weight excluding hydrogens is 257 g/mol. The molecule has 0 unspecified atom stereocenters. The van der Waals surface area contributed by atoms with Crippen molar-refractivity contribution < 1.29 is 17.9 Å². The van der Waals surface area contributed by atoms with Gasteiger partial charge < -0.3 is 5.11 Å². The van der Waals surface area contributed by atoms with Crippen LogP contribution in [0.2, 0.25) is 0 Å². The van der Waals surface area contributed by atoms with Gasteiger partial charge in [0, 0.05) is 20.5 Å². The van der Waals surface area contributed by atoms with Crippen molar-refractivity contribution in [3.05, 3.63) is 29.6 Å². The van der Waals surface area contributed by atoms with Gasteiger partial charge in [0.25, 0.3) is 0 Å². The molecule has 0 bridgehead atoms. The first-order valence-electron chi connectivity index (χ1n) is 5.21. The molecular formula is C12H14FNO3S. The molecule has 0 fully saturated rings. The maximum absolute atomic E-state index is 13.6. The lowest BCUT2D eigenvalue weighted by atomic mass is 10.2. The third-order valence-electron chi connectivity index (χ3n) is 2.18. The number of aliphatic hydroxyl groups excluding tert-OH is 1. The number of hydrogen-bond donors (Lipinski definition) is 1. The molecule has 0 saturated carbocycles. The monoisotopic (exact) mass is 271 g/mol. The SMILES string of the molecule is CN(C)S(=O)(=O)c1ccc(C#CCCO)c(F)c1. The average molecular weight is 271 g/mol. The van der Waals surface area contributed by atoms with Crippen LogP contribution in [0.4, 0.5) is 4.39 Å². The lowest BCUT2D eigenvalue weighted by Gasteiger charge is -2.11. The van der Waals surface area contributed by atoms with Crippen LogP contribution in [-0.2, 0) is 10.0 Å². The first-order chi connectivity index (χ1) is 8.39. The Morgan fingerprint density at radius 2 is 2.06 bits per heavy atom. The van der Waals surface area contributed by atoms with E-state index in [9.17, 15) is 12.8 Å². The molecule has 0 spiro atoms. The Balaban J connectivity index is 3.12. The smallest absolute Gasteiger partial charge is 0.242 e. The predicted octanol–water partition coefficient (Wildman–Crippen LogP) is 0.810. The van der Waals surface area contributed by atoms with E-state index in [2.05, 4.69) is 11.8 Å². The van der Waals surface area contributed by atoms with Crippen LogP contribution in [0.25, 0.3) is 0 Å². The average Bonchev–Trinajstić information content (AvgIpc) is 2.31. The summed E-state index contributed by atoms with van der Waals surface area (Å²) >= 11 is 0. The van der Waals surface area contributed by atoms with Gasteiger partial charge in [-0.25, -0.2) is 17.1 Å². The fraction of sp³-hybridized carbons (Fsp3) is 0.333. The minimum atomic E-state index is -3.64. The zero-order valence-corrected chi connectivity index (χ0v) is 11.0. The second-order valence-electron chi connectivity index (χ2n) is 3.70. The highest BCUT2D eigenvalue weighted by Gasteiger charge is 2.18. The lowest BCUT2D eigenvalue weighted by Crippen LogP contribution is -2.22. The summed E-state index contributed by atoms with van der Waals surface area (Å²) in [6.45, 7) is -0.0955. The Labute approximate surface area is 106 Å². The molecule has 98 valence electrons. The minimum absolute atomic E-state index is 0.0955. The Morgan fingerprint density at radius 1 is 1.39 bits per heavy atom. The largest absolute Gasteiger partial charge is 0.395 e. The van der Waals surface area contributed by atoms with Gasteiger partial charge in [0.05, 0.1) is 17.1 Å². The third kappa shape index (κ3) is 3.29. The van der Waals surface area contributed by atoms with Crippen LogP contribution in [0.15, 0.2) is 23.1 Å². The second-order valence-corrected chi connectivity index (χ2v) is 5.86. The summed E-state index contributed by atoms with van der Waals surface area (Å²) in [5.41, 5.74) is 0.112. The fourth-order valence-corrected chi connectivity index (χ4v) is 2.10. The van der Waals surface area contributed by atoms with Crippen LogP contribution in [-0.4, -0.2) is 38.5 Å². The van der Waals surface area contributed by atoms with Crippen molar-refractivity contribution in [2.24, 2.45) is 0 Å². The normalized spacial score (nSPS) is 11.2. The lowest BCUT2D eigenvalue weighted by molar-refractivity contribution is 0.305. The van der Waals surface area contributed by atoms with Crippen molar-refractivity contribution in [2.45, 2.75) is 11.3 Å². The van der Waals surface area contributed by atoms with Crippen molar-refractivity contribution >= 4 is 10.0 Å². The fourth-order valence-electron chi connectivity index (χ4n) is 1.18. The van der Waals surface area contributed by atoms with Gasteiger partial charge in [-0.2, -0.15) is 0 Å². The minimum Gasteiger partial charge on any atom is -0.395 e. The predicted molar refractivity (Wildman–Crippen MR) is 65.9 cm³/mol. The summed E-state index contributed by atoms with van der Waals surface area (Å²) in [5, 5.41) is 8.54. The summed E-state index contributed by atoms with van der Waals surface area (Å²) in [4.78, 5) is -0.113. The van der Waals surface area contributed by atoms with Gasteiger partial charge in [0.15, 0.2) is 0 Å². The van der Waals surface area contributed by atoms with Gasteiger partial charge in [0.1, 0.15) is 5.82 Å². The van der Waals surface area contributed by atoms with Crippen LogP contribution < -0.4 is 0 Å². The van der Waals surface area contributed by atoms with Crippen LogP contribution in [0.5, 0.6) is 0 Å². The molecule has 0 amide bonds. The number of halogens is 1. The van der Waals surface area contributed by atoms with Gasteiger partial charge in [-0.1, -0.05) is 11.8 Å². The zero-order valence-electron chi connectivity index (χ0n) is 10.1. The molecule has 0 saturated heterocycles. The molecule has 0 aliphatic heterocycles. The van der Waals surface area contributed by atoms with Crippen LogP contribution in [0.3, 0.4) is 0 Å². The molecule has 0 aliphatic carbocycles. The Hall–Kier alpha value is -1.42. The summed E-state index contributed by atoms with van der Waals surface area (Å²) in [7, 11) is -0.882. The highest BCUT2D eigenvalue weighted by Crippen LogP contribution is 2.16. The van der Waals surface area contributed by atoms with Gasteiger partial charge >= 0.3 is 0 Å². The van der Waals surface area contributed by atoms with E-state index >= 15 is 0 Å². The van der Waals surface area contributed by atoms with Gasteiger partial charge in [-0.15, -0.1) is 0 Å².